The molecule has 4 nitrogen and oxygen atoms in total. The van der Waals surface area contributed by atoms with Crippen molar-refractivity contribution in [3.8, 4) is 0 Å². The van der Waals surface area contributed by atoms with Crippen molar-refractivity contribution >= 4 is 5.96 Å². The Morgan fingerprint density at radius 2 is 1.90 bits per heavy atom. The molecule has 0 spiro atoms. The quantitative estimate of drug-likeness (QED) is 0.656. The van der Waals surface area contributed by atoms with E-state index in [1.54, 1.807) is 7.05 Å². The van der Waals surface area contributed by atoms with Gasteiger partial charge in [-0.2, -0.15) is 0 Å². The summed E-state index contributed by atoms with van der Waals surface area (Å²) < 4.78 is 5.52. The summed E-state index contributed by atoms with van der Waals surface area (Å²) in [6.45, 7) is 5.51. The van der Waals surface area contributed by atoms with E-state index in [9.17, 15) is 0 Å². The van der Waals surface area contributed by atoms with Gasteiger partial charge >= 0.3 is 0 Å². The number of furan rings is 1. The Labute approximate surface area is 126 Å². The lowest BCUT2D eigenvalue weighted by Gasteiger charge is -2.11. The Bertz CT molecular complexity index is 587. The lowest BCUT2D eigenvalue weighted by atomic mass is 10.1. The number of hydrogen-bond donors (Lipinski definition) is 2. The van der Waals surface area contributed by atoms with E-state index in [0.717, 1.165) is 30.4 Å². The van der Waals surface area contributed by atoms with E-state index in [4.69, 9.17) is 4.42 Å². The van der Waals surface area contributed by atoms with Gasteiger partial charge in [-0.25, -0.2) is 0 Å². The zero-order valence-electron chi connectivity index (χ0n) is 12.9. The second kappa shape index (κ2) is 7.53. The number of nitrogens with one attached hydrogen (secondary N) is 2. The van der Waals surface area contributed by atoms with E-state index in [1.807, 2.05) is 19.9 Å². The summed E-state index contributed by atoms with van der Waals surface area (Å²) in [7, 11) is 1.78. The molecule has 0 saturated carbocycles. The maximum absolute atomic E-state index is 5.52. The third-order valence-corrected chi connectivity index (χ3v) is 3.36. The standard InChI is InChI=1S/C17H23N3O/c1-13-11-16(14(2)21-13)12-20-17(18-3)19-10-9-15-7-5-4-6-8-15/h4-8,11H,9-10,12H2,1-3H3,(H2,18,19,20). The number of aliphatic imine (C=N–C) groups is 1. The number of benzene rings is 1. The smallest absolute Gasteiger partial charge is 0.191 e. The van der Waals surface area contributed by atoms with Crippen LogP contribution in [0.4, 0.5) is 0 Å². The van der Waals surface area contributed by atoms with Gasteiger partial charge in [0.2, 0.25) is 0 Å². The van der Waals surface area contributed by atoms with Crippen molar-refractivity contribution in [3.63, 3.8) is 0 Å². The van der Waals surface area contributed by atoms with Crippen LogP contribution in [0.5, 0.6) is 0 Å². The summed E-state index contributed by atoms with van der Waals surface area (Å²) in [5, 5.41) is 6.63. The molecule has 1 heterocycles. The predicted molar refractivity (Wildman–Crippen MR) is 86.5 cm³/mol. The van der Waals surface area contributed by atoms with Crippen LogP contribution in [0.2, 0.25) is 0 Å². The van der Waals surface area contributed by atoms with Gasteiger partial charge in [0, 0.05) is 25.7 Å². The Balaban J connectivity index is 1.77. The molecule has 2 rings (SSSR count). The molecule has 21 heavy (non-hydrogen) atoms. The van der Waals surface area contributed by atoms with Crippen molar-refractivity contribution in [3.05, 3.63) is 59.0 Å². The number of nitrogens with zero attached hydrogens (tertiary/aromatic N) is 1. The first-order valence-electron chi connectivity index (χ1n) is 7.23. The van der Waals surface area contributed by atoms with Gasteiger partial charge < -0.3 is 15.1 Å². The second-order valence-corrected chi connectivity index (χ2v) is 5.03. The SMILES string of the molecule is CN=C(NCCc1ccccc1)NCc1cc(C)oc1C. The molecule has 1 aromatic heterocycles. The van der Waals surface area contributed by atoms with Gasteiger partial charge in [0.15, 0.2) is 5.96 Å². The van der Waals surface area contributed by atoms with Crippen molar-refractivity contribution < 1.29 is 4.42 Å². The first-order valence-corrected chi connectivity index (χ1v) is 7.23. The maximum Gasteiger partial charge on any atom is 0.191 e. The highest BCUT2D eigenvalue weighted by Crippen LogP contribution is 2.12. The van der Waals surface area contributed by atoms with Crippen molar-refractivity contribution in [2.45, 2.75) is 26.8 Å². The van der Waals surface area contributed by atoms with Crippen LogP contribution in [0.15, 0.2) is 45.8 Å². The van der Waals surface area contributed by atoms with Crippen molar-refractivity contribution in [2.75, 3.05) is 13.6 Å². The summed E-state index contributed by atoms with van der Waals surface area (Å²) >= 11 is 0. The molecule has 2 N–H and O–H groups in total. The van der Waals surface area contributed by atoms with Crippen LogP contribution in [-0.4, -0.2) is 19.6 Å². The van der Waals surface area contributed by atoms with E-state index in [2.05, 4.69) is 46.0 Å². The topological polar surface area (TPSA) is 49.6 Å². The highest BCUT2D eigenvalue weighted by molar-refractivity contribution is 5.79. The number of hydrogen-bond acceptors (Lipinski definition) is 2. The van der Waals surface area contributed by atoms with E-state index < -0.39 is 0 Å². The highest BCUT2D eigenvalue weighted by atomic mass is 16.3. The molecule has 2 aromatic rings. The normalized spacial score (nSPS) is 11.5. The molecule has 0 aliphatic heterocycles. The molecule has 0 aliphatic carbocycles. The first kappa shape index (κ1) is 15.2. The van der Waals surface area contributed by atoms with Crippen LogP contribution in [0.25, 0.3) is 0 Å². The average Bonchev–Trinajstić information content (AvgIpc) is 2.81. The van der Waals surface area contributed by atoms with Gasteiger partial charge in [-0.15, -0.1) is 0 Å². The Hall–Kier alpha value is -2.23. The zero-order chi connectivity index (χ0) is 15.1. The molecule has 0 saturated heterocycles. The molecule has 4 heteroatoms. The minimum absolute atomic E-state index is 0.716. The monoisotopic (exact) mass is 285 g/mol. The number of aryl methyl sites for hydroxylation is 2. The van der Waals surface area contributed by atoms with Gasteiger partial charge in [-0.3, -0.25) is 4.99 Å². The largest absolute Gasteiger partial charge is 0.466 e. The van der Waals surface area contributed by atoms with Gasteiger partial charge in [-0.1, -0.05) is 30.3 Å². The Morgan fingerprint density at radius 3 is 2.52 bits per heavy atom. The molecule has 0 atom stereocenters. The number of rotatable bonds is 5. The summed E-state index contributed by atoms with van der Waals surface area (Å²) in [6, 6.07) is 12.5. The van der Waals surface area contributed by atoms with E-state index in [1.165, 1.54) is 11.1 Å². The molecular weight excluding hydrogens is 262 g/mol. The van der Waals surface area contributed by atoms with Crippen LogP contribution in [-0.2, 0) is 13.0 Å². The Kier molecular flexibility index (Phi) is 5.43. The number of guanidine groups is 1. The predicted octanol–water partition coefficient (Wildman–Crippen LogP) is 2.80. The van der Waals surface area contributed by atoms with Crippen LogP contribution >= 0.6 is 0 Å². The van der Waals surface area contributed by atoms with Gasteiger partial charge in [0.1, 0.15) is 11.5 Å². The van der Waals surface area contributed by atoms with E-state index in [0.29, 0.717) is 6.54 Å². The molecule has 0 unspecified atom stereocenters. The summed E-state index contributed by atoms with van der Waals surface area (Å²) in [5.41, 5.74) is 2.49. The fourth-order valence-corrected chi connectivity index (χ4v) is 2.23. The van der Waals surface area contributed by atoms with Crippen LogP contribution in [0.3, 0.4) is 0 Å². The molecule has 0 bridgehead atoms. The molecule has 0 amide bonds. The highest BCUT2D eigenvalue weighted by Gasteiger charge is 2.05. The first-order chi connectivity index (χ1) is 10.2. The molecular formula is C17H23N3O. The van der Waals surface area contributed by atoms with E-state index in [-0.39, 0.29) is 0 Å². The van der Waals surface area contributed by atoms with Gasteiger partial charge in [0.25, 0.3) is 0 Å². The third kappa shape index (κ3) is 4.67. The van der Waals surface area contributed by atoms with Gasteiger partial charge in [-0.05, 0) is 31.9 Å². The van der Waals surface area contributed by atoms with Crippen LogP contribution < -0.4 is 10.6 Å². The molecule has 0 radical (unpaired) electrons. The lowest BCUT2D eigenvalue weighted by Crippen LogP contribution is -2.37. The Morgan fingerprint density at radius 1 is 1.14 bits per heavy atom. The summed E-state index contributed by atoms with van der Waals surface area (Å²) in [5.74, 6) is 2.71. The fraction of sp³-hybridized carbons (Fsp3) is 0.353. The van der Waals surface area contributed by atoms with Crippen LogP contribution in [0.1, 0.15) is 22.6 Å². The molecule has 0 aliphatic rings. The molecule has 112 valence electrons. The average molecular weight is 285 g/mol. The van der Waals surface area contributed by atoms with Crippen molar-refractivity contribution in [1.82, 2.24) is 10.6 Å². The third-order valence-electron chi connectivity index (χ3n) is 3.36. The molecule has 1 aromatic carbocycles. The van der Waals surface area contributed by atoms with Crippen molar-refractivity contribution in [2.24, 2.45) is 4.99 Å². The van der Waals surface area contributed by atoms with Crippen molar-refractivity contribution in [1.29, 1.82) is 0 Å². The minimum atomic E-state index is 0.716. The van der Waals surface area contributed by atoms with E-state index >= 15 is 0 Å². The second-order valence-electron chi connectivity index (χ2n) is 5.03. The van der Waals surface area contributed by atoms with Crippen LogP contribution in [0, 0.1) is 13.8 Å². The maximum atomic E-state index is 5.52. The summed E-state index contributed by atoms with van der Waals surface area (Å²) in [6.07, 6.45) is 0.978. The fourth-order valence-electron chi connectivity index (χ4n) is 2.23. The summed E-state index contributed by atoms with van der Waals surface area (Å²) in [4.78, 5) is 4.23. The lowest BCUT2D eigenvalue weighted by molar-refractivity contribution is 0.500. The zero-order valence-corrected chi connectivity index (χ0v) is 12.9. The van der Waals surface area contributed by atoms with Gasteiger partial charge in [0.05, 0.1) is 0 Å². The molecule has 0 fully saturated rings. The minimum Gasteiger partial charge on any atom is -0.466 e.